The highest BCUT2D eigenvalue weighted by atomic mass is 79.9. The van der Waals surface area contributed by atoms with Gasteiger partial charge in [0.05, 0.1) is 16.6 Å². The molecule has 19 heavy (non-hydrogen) atoms. The number of rotatable bonds is 6. The van der Waals surface area contributed by atoms with Crippen molar-refractivity contribution in [3.63, 3.8) is 0 Å². The lowest BCUT2D eigenvalue weighted by Gasteiger charge is -2.13. The fraction of sp³-hybridized carbons (Fsp3) is 0.462. The van der Waals surface area contributed by atoms with Crippen molar-refractivity contribution in [2.45, 2.75) is 26.3 Å². The molecule has 2 rings (SSSR count). The Morgan fingerprint density at radius 1 is 1.53 bits per heavy atom. The quantitative estimate of drug-likeness (QED) is 0.461. The molecule has 0 saturated carbocycles. The number of fused-ring (bicyclic) bond motifs is 1. The molecule has 0 amide bonds. The van der Waals surface area contributed by atoms with E-state index in [-0.39, 0.29) is 10.6 Å². The van der Waals surface area contributed by atoms with Gasteiger partial charge in [0, 0.05) is 29.4 Å². The minimum Gasteiger partial charge on any atom is -0.264 e. The van der Waals surface area contributed by atoms with Crippen LogP contribution in [-0.4, -0.2) is 20.0 Å². The zero-order chi connectivity index (χ0) is 13.8. The zero-order valence-corrected chi connectivity index (χ0v) is 12.3. The monoisotopic (exact) mass is 325 g/mol. The van der Waals surface area contributed by atoms with Crippen LogP contribution in [0.2, 0.25) is 0 Å². The summed E-state index contributed by atoms with van der Waals surface area (Å²) < 4.78 is 1.86. The molecule has 1 aromatic heterocycles. The summed E-state index contributed by atoms with van der Waals surface area (Å²) in [5.74, 6) is 0.493. The molecule has 1 unspecified atom stereocenters. The predicted molar refractivity (Wildman–Crippen MR) is 78.6 cm³/mol. The topological polar surface area (TPSA) is 61.0 Å². The van der Waals surface area contributed by atoms with Gasteiger partial charge in [0.25, 0.3) is 5.69 Å². The minimum absolute atomic E-state index is 0.111. The third-order valence-electron chi connectivity index (χ3n) is 3.19. The maximum Gasteiger partial charge on any atom is 0.271 e. The number of nitro benzene ring substituents is 1. The highest BCUT2D eigenvalue weighted by Crippen LogP contribution is 2.22. The maximum absolute atomic E-state index is 10.8. The predicted octanol–water partition coefficient (Wildman–Crippen LogP) is 3.76. The van der Waals surface area contributed by atoms with E-state index in [2.05, 4.69) is 28.0 Å². The number of hydrogen-bond donors (Lipinski definition) is 0. The molecule has 0 aliphatic carbocycles. The average Bonchev–Trinajstić information content (AvgIpc) is 2.80. The van der Waals surface area contributed by atoms with Crippen LogP contribution in [0.5, 0.6) is 0 Å². The van der Waals surface area contributed by atoms with Crippen molar-refractivity contribution in [1.82, 2.24) is 9.78 Å². The zero-order valence-electron chi connectivity index (χ0n) is 10.8. The lowest BCUT2D eigenvalue weighted by atomic mass is 10.1. The smallest absolute Gasteiger partial charge is 0.264 e. The van der Waals surface area contributed by atoms with E-state index in [9.17, 15) is 10.1 Å². The summed E-state index contributed by atoms with van der Waals surface area (Å²) >= 11 is 3.52. The number of nitrogens with zero attached hydrogens (tertiary/aromatic N) is 3. The number of hydrogen-bond acceptors (Lipinski definition) is 3. The summed E-state index contributed by atoms with van der Waals surface area (Å²) in [6.45, 7) is 2.94. The van der Waals surface area contributed by atoms with Crippen molar-refractivity contribution in [3.05, 3.63) is 34.5 Å². The first kappa shape index (κ1) is 14.0. The molecular weight excluding hydrogens is 310 g/mol. The molecule has 102 valence electrons. The van der Waals surface area contributed by atoms with E-state index < -0.39 is 0 Å². The minimum atomic E-state index is -0.370. The van der Waals surface area contributed by atoms with Crippen LogP contribution in [0.15, 0.2) is 24.4 Å². The molecule has 0 aliphatic heterocycles. The largest absolute Gasteiger partial charge is 0.271 e. The van der Waals surface area contributed by atoms with E-state index in [1.165, 1.54) is 6.07 Å². The average molecular weight is 326 g/mol. The summed E-state index contributed by atoms with van der Waals surface area (Å²) in [5.41, 5.74) is 0.941. The molecule has 1 heterocycles. The molecule has 1 aromatic carbocycles. The Kier molecular flexibility index (Phi) is 4.52. The van der Waals surface area contributed by atoms with Crippen LogP contribution in [0, 0.1) is 16.0 Å². The molecule has 1 atom stereocenters. The summed E-state index contributed by atoms with van der Waals surface area (Å²) in [6, 6.07) is 4.86. The SMILES string of the molecule is CCCC(CBr)Cn1ncc2ccc([N+](=O)[O-])cc21. The van der Waals surface area contributed by atoms with Crippen molar-refractivity contribution in [2.75, 3.05) is 5.33 Å². The van der Waals surface area contributed by atoms with Gasteiger partial charge in [-0.25, -0.2) is 0 Å². The Morgan fingerprint density at radius 3 is 2.95 bits per heavy atom. The van der Waals surface area contributed by atoms with Gasteiger partial charge in [-0.3, -0.25) is 14.8 Å². The van der Waals surface area contributed by atoms with Gasteiger partial charge in [-0.2, -0.15) is 5.10 Å². The van der Waals surface area contributed by atoms with Gasteiger partial charge in [0.15, 0.2) is 0 Å². The number of non-ortho nitro benzene ring substituents is 1. The Morgan fingerprint density at radius 2 is 2.32 bits per heavy atom. The third kappa shape index (κ3) is 3.12. The number of nitro groups is 1. The highest BCUT2D eigenvalue weighted by molar-refractivity contribution is 9.09. The maximum atomic E-state index is 10.8. The third-order valence-corrected chi connectivity index (χ3v) is 4.10. The van der Waals surface area contributed by atoms with Gasteiger partial charge in [0.2, 0.25) is 0 Å². The number of halogens is 1. The molecule has 0 radical (unpaired) electrons. The van der Waals surface area contributed by atoms with E-state index in [0.717, 1.165) is 35.6 Å². The Hall–Kier alpha value is -1.43. The lowest BCUT2D eigenvalue weighted by molar-refractivity contribution is -0.384. The van der Waals surface area contributed by atoms with E-state index >= 15 is 0 Å². The molecule has 0 saturated heterocycles. The van der Waals surface area contributed by atoms with E-state index in [1.807, 2.05) is 4.68 Å². The fourth-order valence-corrected chi connectivity index (χ4v) is 2.72. The molecule has 5 nitrogen and oxygen atoms in total. The Balaban J connectivity index is 2.32. The van der Waals surface area contributed by atoms with Gasteiger partial charge in [-0.1, -0.05) is 29.3 Å². The van der Waals surface area contributed by atoms with Gasteiger partial charge >= 0.3 is 0 Å². The first-order valence-electron chi connectivity index (χ1n) is 6.31. The molecule has 0 bridgehead atoms. The highest BCUT2D eigenvalue weighted by Gasteiger charge is 2.13. The Labute approximate surface area is 119 Å². The first-order chi connectivity index (χ1) is 9.15. The van der Waals surface area contributed by atoms with Gasteiger partial charge in [0.1, 0.15) is 0 Å². The molecule has 2 aromatic rings. The molecule has 0 aliphatic rings. The van der Waals surface area contributed by atoms with Crippen molar-refractivity contribution in [1.29, 1.82) is 0 Å². The van der Waals surface area contributed by atoms with Crippen LogP contribution in [0.3, 0.4) is 0 Å². The van der Waals surface area contributed by atoms with Crippen molar-refractivity contribution in [2.24, 2.45) is 5.92 Å². The molecule has 0 spiro atoms. The van der Waals surface area contributed by atoms with Crippen LogP contribution < -0.4 is 0 Å². The Bertz CT molecular complexity index is 582. The summed E-state index contributed by atoms with van der Waals surface area (Å²) in [7, 11) is 0. The second-order valence-corrected chi connectivity index (χ2v) is 5.28. The normalized spacial score (nSPS) is 12.7. The van der Waals surface area contributed by atoms with Crippen LogP contribution in [0.1, 0.15) is 19.8 Å². The van der Waals surface area contributed by atoms with E-state index in [0.29, 0.717) is 5.92 Å². The van der Waals surface area contributed by atoms with Crippen molar-refractivity contribution >= 4 is 32.5 Å². The summed E-state index contributed by atoms with van der Waals surface area (Å²) in [4.78, 5) is 10.5. The van der Waals surface area contributed by atoms with Gasteiger partial charge in [-0.15, -0.1) is 0 Å². The summed E-state index contributed by atoms with van der Waals surface area (Å²) in [6.07, 6.45) is 3.99. The van der Waals surface area contributed by atoms with Crippen LogP contribution in [0.25, 0.3) is 10.9 Å². The number of benzene rings is 1. The molecule has 0 fully saturated rings. The fourth-order valence-electron chi connectivity index (χ4n) is 2.19. The second-order valence-electron chi connectivity index (χ2n) is 4.64. The van der Waals surface area contributed by atoms with Crippen LogP contribution >= 0.6 is 15.9 Å². The van der Waals surface area contributed by atoms with Crippen LogP contribution in [0.4, 0.5) is 5.69 Å². The van der Waals surface area contributed by atoms with Gasteiger partial charge < -0.3 is 0 Å². The molecular formula is C13H16BrN3O2. The lowest BCUT2D eigenvalue weighted by Crippen LogP contribution is -2.13. The number of alkyl halides is 1. The van der Waals surface area contributed by atoms with Crippen LogP contribution in [-0.2, 0) is 6.54 Å². The van der Waals surface area contributed by atoms with E-state index in [4.69, 9.17) is 0 Å². The first-order valence-corrected chi connectivity index (χ1v) is 7.43. The molecule has 0 N–H and O–H groups in total. The van der Waals surface area contributed by atoms with E-state index in [1.54, 1.807) is 18.3 Å². The standard InChI is InChI=1S/C13H16BrN3O2/c1-2-3-10(7-14)9-16-13-6-12(17(18)19)5-4-11(13)8-15-16/h4-6,8,10H,2-3,7,9H2,1H3. The van der Waals surface area contributed by atoms with Crippen molar-refractivity contribution in [3.8, 4) is 0 Å². The number of aromatic nitrogens is 2. The van der Waals surface area contributed by atoms with Gasteiger partial charge in [-0.05, 0) is 18.4 Å². The van der Waals surface area contributed by atoms with Crippen molar-refractivity contribution < 1.29 is 4.92 Å². The molecule has 6 heteroatoms. The summed E-state index contributed by atoms with van der Waals surface area (Å²) in [5, 5.41) is 17.0. The second kappa shape index (κ2) is 6.14.